The van der Waals surface area contributed by atoms with Crippen molar-refractivity contribution in [1.82, 2.24) is 30.1 Å². The number of carbonyl (C=O) groups is 4. The van der Waals surface area contributed by atoms with Crippen molar-refractivity contribution in [3.63, 3.8) is 0 Å². The number of carbonyl (C=O) groups excluding carboxylic acids is 4. The standard InChI is InChI=1S/C51H79N9O3S.C2H3NO2.CH4O/c1-7-9-10-11-16-49(52-4)48(51(23-24-51)50(62)53-5)35-54-39-55-44-21-27-60(28-22-44)64(63)47-15-12-14-45(34-47)58-25-19-41(20-26-58)36-57-29-31-59(32-30-57)46-18-17-42(38-61)43(33-46)37-56(6)40(3)13-8-2;4-1-3-2-5;1-2/h12,14-15,17-18,33-35,38,40-41,44,55H,4,7-11,13,16,19-32,36-37,39H2,1-3,5-6H3,(H,53,62);1-2H,(H,3,4,5);2H,1H3/b49-48+,54-35-;;. The zero-order valence-corrected chi connectivity index (χ0v) is 44.6. The lowest BCUT2D eigenvalue weighted by Crippen LogP contribution is -2.49. The molecule has 2 atom stereocenters. The molecule has 3 amide bonds. The average molecular weight is 1000 g/mol. The summed E-state index contributed by atoms with van der Waals surface area (Å²) in [6.45, 7) is 20.6. The third kappa shape index (κ3) is 17.8. The number of aliphatic imine (C=N–C) groups is 2. The molecule has 3 aliphatic heterocycles. The SMILES string of the molecule is C=N/C(CCCCCC)=C(\C=N/CNC1CCN(S(=O)c2cccc(N3CCC(CN4CCN(c5ccc(C=O)c(CN(C)C(C)CCC)c5)CC4)CC3)c2)CC1)C1(C(=O)NC)CC1.CO.O=CNC=O. The molecule has 2 unspecified atom stereocenters. The van der Waals surface area contributed by atoms with Crippen molar-refractivity contribution in [3.8, 4) is 0 Å². The number of rotatable bonds is 26. The first-order valence-electron chi connectivity index (χ1n) is 26.1. The van der Waals surface area contributed by atoms with Gasteiger partial charge in [-0.1, -0.05) is 45.6 Å². The molecule has 0 radical (unpaired) electrons. The van der Waals surface area contributed by atoms with Gasteiger partial charge in [-0.3, -0.25) is 44.3 Å². The van der Waals surface area contributed by atoms with Gasteiger partial charge >= 0.3 is 0 Å². The van der Waals surface area contributed by atoms with E-state index in [0.717, 1.165) is 177 Å². The summed E-state index contributed by atoms with van der Waals surface area (Å²) in [4.78, 5) is 63.0. The van der Waals surface area contributed by atoms with Crippen LogP contribution in [0.4, 0.5) is 11.4 Å². The zero-order chi connectivity index (χ0) is 51.6. The van der Waals surface area contributed by atoms with Crippen molar-refractivity contribution in [2.75, 3.05) is 96.6 Å². The Morgan fingerprint density at radius 1 is 0.901 bits per heavy atom. The lowest BCUT2D eigenvalue weighted by molar-refractivity contribution is -0.124. The number of hydrogen-bond acceptors (Lipinski definition) is 13. The first-order chi connectivity index (χ1) is 34.5. The molecule has 16 nitrogen and oxygen atoms in total. The Kier molecular flexibility index (Phi) is 26.3. The Hall–Kier alpha value is -4.65. The third-order valence-electron chi connectivity index (χ3n) is 14.6. The quantitative estimate of drug-likeness (QED) is 0.0478. The number of piperazine rings is 1. The fourth-order valence-corrected chi connectivity index (χ4v) is 11.3. The number of imide groups is 1. The highest BCUT2D eigenvalue weighted by atomic mass is 32.2. The summed E-state index contributed by atoms with van der Waals surface area (Å²) in [6.07, 6.45) is 16.9. The van der Waals surface area contributed by atoms with Crippen LogP contribution in [0.15, 0.2) is 68.6 Å². The molecule has 394 valence electrons. The Labute approximate surface area is 427 Å². The number of anilines is 2. The van der Waals surface area contributed by atoms with E-state index < -0.39 is 16.4 Å². The highest BCUT2D eigenvalue weighted by Gasteiger charge is 2.53. The van der Waals surface area contributed by atoms with Gasteiger partial charge in [0.05, 0.1) is 17.0 Å². The van der Waals surface area contributed by atoms with Crippen LogP contribution in [0.5, 0.6) is 0 Å². The minimum Gasteiger partial charge on any atom is -0.400 e. The van der Waals surface area contributed by atoms with Crippen LogP contribution in [0.3, 0.4) is 0 Å². The largest absolute Gasteiger partial charge is 0.400 e. The highest BCUT2D eigenvalue weighted by Crippen LogP contribution is 2.53. The van der Waals surface area contributed by atoms with Crippen LogP contribution in [-0.4, -0.2) is 160 Å². The maximum Gasteiger partial charge on any atom is 0.230 e. The topological polar surface area (TPSA) is 183 Å². The van der Waals surface area contributed by atoms with Crippen LogP contribution in [0.25, 0.3) is 0 Å². The average Bonchev–Trinajstić information content (AvgIpc) is 4.22. The maximum atomic E-state index is 13.9. The van der Waals surface area contributed by atoms with E-state index >= 15 is 0 Å². The van der Waals surface area contributed by atoms with E-state index in [2.05, 4.69) is 104 Å². The molecule has 4 fully saturated rings. The number of allylic oxidation sites excluding steroid dienone is 1. The Morgan fingerprint density at radius 2 is 1.58 bits per heavy atom. The molecule has 0 bridgehead atoms. The monoisotopic (exact) mass is 1000 g/mol. The second-order valence-electron chi connectivity index (χ2n) is 19.3. The molecular weight excluding hydrogens is 917 g/mol. The predicted octanol–water partition coefficient (Wildman–Crippen LogP) is 6.21. The molecular formula is C54H86N10O6S. The summed E-state index contributed by atoms with van der Waals surface area (Å²) in [7, 11) is 3.66. The molecule has 4 N–H and O–H groups in total. The van der Waals surface area contributed by atoms with E-state index in [1.807, 2.05) is 18.3 Å². The fraction of sp³-hybridized carbons (Fsp3) is 0.630. The molecule has 3 heterocycles. The van der Waals surface area contributed by atoms with Crippen LogP contribution in [0.2, 0.25) is 0 Å². The molecule has 71 heavy (non-hydrogen) atoms. The molecule has 1 saturated carbocycles. The Morgan fingerprint density at radius 3 is 2.17 bits per heavy atom. The van der Waals surface area contributed by atoms with E-state index in [0.29, 0.717) is 37.5 Å². The molecule has 2 aromatic carbocycles. The summed E-state index contributed by atoms with van der Waals surface area (Å²) in [5.41, 5.74) is 5.61. The van der Waals surface area contributed by atoms with E-state index in [4.69, 9.17) is 19.7 Å². The van der Waals surface area contributed by atoms with Crippen molar-refractivity contribution in [2.24, 2.45) is 21.3 Å². The fourth-order valence-electron chi connectivity index (χ4n) is 10.0. The van der Waals surface area contributed by atoms with Crippen molar-refractivity contribution < 1.29 is 28.5 Å². The molecule has 0 spiro atoms. The second-order valence-corrected chi connectivity index (χ2v) is 20.8. The van der Waals surface area contributed by atoms with Crippen molar-refractivity contribution >= 4 is 60.3 Å². The van der Waals surface area contributed by atoms with Gasteiger partial charge in [-0.25, -0.2) is 8.51 Å². The number of unbranched alkanes of at least 4 members (excludes halogenated alkanes) is 3. The van der Waals surface area contributed by atoms with Gasteiger partial charge in [-0.15, -0.1) is 0 Å². The summed E-state index contributed by atoms with van der Waals surface area (Å²) >= 11 is 0. The summed E-state index contributed by atoms with van der Waals surface area (Å²) < 4.78 is 16.0. The molecule has 6 rings (SSSR count). The molecule has 2 aromatic rings. The first-order valence-corrected chi connectivity index (χ1v) is 27.2. The second kappa shape index (κ2) is 31.7. The predicted molar refractivity (Wildman–Crippen MR) is 290 cm³/mol. The van der Waals surface area contributed by atoms with Gasteiger partial charge in [-0.2, -0.15) is 0 Å². The van der Waals surface area contributed by atoms with Crippen molar-refractivity contribution in [1.29, 1.82) is 0 Å². The smallest absolute Gasteiger partial charge is 0.230 e. The molecule has 1 aliphatic carbocycles. The molecule has 3 saturated heterocycles. The third-order valence-corrected chi connectivity index (χ3v) is 16.1. The highest BCUT2D eigenvalue weighted by molar-refractivity contribution is 7.82. The molecule has 0 aromatic heterocycles. The first kappa shape index (κ1) is 58.9. The van der Waals surface area contributed by atoms with E-state index in [-0.39, 0.29) is 5.91 Å². The van der Waals surface area contributed by atoms with Gasteiger partial charge in [0.15, 0.2) is 0 Å². The van der Waals surface area contributed by atoms with Crippen LogP contribution in [0.1, 0.15) is 120 Å². The molecule has 17 heteroatoms. The van der Waals surface area contributed by atoms with E-state index in [9.17, 15) is 13.8 Å². The Bertz CT molecular complexity index is 2040. The number of aliphatic hydroxyl groups excluding tert-OH is 1. The number of aldehydes is 1. The number of nitrogens with one attached hydrogen (secondary N) is 3. The van der Waals surface area contributed by atoms with Crippen molar-refractivity contribution in [3.05, 3.63) is 64.9 Å². The molecule has 4 aliphatic rings. The normalized spacial score (nSPS) is 18.8. The van der Waals surface area contributed by atoms with Crippen LogP contribution in [0, 0.1) is 11.3 Å². The van der Waals surface area contributed by atoms with Crippen molar-refractivity contribution in [2.45, 2.75) is 128 Å². The van der Waals surface area contributed by atoms with Gasteiger partial charge < -0.3 is 25.5 Å². The summed E-state index contributed by atoms with van der Waals surface area (Å²) in [5.74, 6) is 0.716. The minimum absolute atomic E-state index is 0.0375. The summed E-state index contributed by atoms with van der Waals surface area (Å²) in [5, 5.41) is 15.2. The van der Waals surface area contributed by atoms with Crippen LogP contribution < -0.4 is 25.8 Å². The number of benzene rings is 2. The van der Waals surface area contributed by atoms with Crippen LogP contribution >= 0.6 is 0 Å². The maximum absolute atomic E-state index is 13.9. The minimum atomic E-state index is -1.21. The van der Waals surface area contributed by atoms with E-state index in [1.54, 1.807) is 12.4 Å². The zero-order valence-electron chi connectivity index (χ0n) is 43.8. The lowest BCUT2D eigenvalue weighted by atomic mass is 9.91. The number of hydrogen-bond donors (Lipinski definition) is 4. The van der Waals surface area contributed by atoms with E-state index in [1.165, 1.54) is 24.2 Å². The van der Waals surface area contributed by atoms with Gasteiger partial charge in [0.1, 0.15) is 17.3 Å². The van der Waals surface area contributed by atoms with Gasteiger partial charge in [-0.05, 0) is 126 Å². The number of amides is 3. The van der Waals surface area contributed by atoms with Gasteiger partial charge in [0.2, 0.25) is 18.7 Å². The summed E-state index contributed by atoms with van der Waals surface area (Å²) in [6, 6.07) is 15.6. The van der Waals surface area contributed by atoms with Gasteiger partial charge in [0, 0.05) is 126 Å². The lowest BCUT2D eigenvalue weighted by Gasteiger charge is -2.40. The van der Waals surface area contributed by atoms with Gasteiger partial charge in [0.25, 0.3) is 0 Å². The Balaban J connectivity index is 0.00000147. The number of piperidine rings is 2. The number of aliphatic hydroxyl groups is 1. The number of nitrogens with zero attached hydrogens (tertiary/aromatic N) is 7. The van der Waals surface area contributed by atoms with Crippen LogP contribution in [-0.2, 0) is 31.9 Å².